The zero-order valence-corrected chi connectivity index (χ0v) is 17.5. The van der Waals surface area contributed by atoms with Crippen LogP contribution in [-0.2, 0) is 10.0 Å². The van der Waals surface area contributed by atoms with Crippen LogP contribution >= 0.6 is 0 Å². The smallest absolute Gasteiger partial charge is 0.264 e. The second-order valence-electron chi connectivity index (χ2n) is 6.73. The lowest BCUT2D eigenvalue weighted by atomic mass is 10.3. The first kappa shape index (κ1) is 20.5. The third-order valence-electron chi connectivity index (χ3n) is 4.31. The van der Waals surface area contributed by atoms with Gasteiger partial charge in [0.2, 0.25) is 5.88 Å². The van der Waals surface area contributed by atoms with Crippen molar-refractivity contribution in [3.63, 3.8) is 0 Å². The normalized spacial score (nSPS) is 11.3. The molecule has 0 saturated carbocycles. The van der Waals surface area contributed by atoms with E-state index in [1.807, 2.05) is 19.9 Å². The molecule has 0 unspecified atom stereocenters. The Hall–Kier alpha value is -3.79. The molecular formula is C21H18FN5O3S. The molecule has 10 heteroatoms. The fraction of sp³-hybridized carbons (Fsp3) is 0.0952. The van der Waals surface area contributed by atoms with Gasteiger partial charge in [-0.15, -0.1) is 10.2 Å². The summed E-state index contributed by atoms with van der Waals surface area (Å²) in [7, 11) is -4.05. The van der Waals surface area contributed by atoms with E-state index in [9.17, 15) is 12.8 Å². The van der Waals surface area contributed by atoms with E-state index in [0.29, 0.717) is 11.6 Å². The first-order chi connectivity index (χ1) is 14.8. The SMILES string of the molecule is Cc1cc(C)n(-c2ccc(Oc3ccc(NS(=O)(=O)c4ccccc4F)cc3)nn2)n1. The minimum Gasteiger partial charge on any atom is -0.438 e. The summed E-state index contributed by atoms with van der Waals surface area (Å²) in [4.78, 5) is -0.423. The van der Waals surface area contributed by atoms with E-state index >= 15 is 0 Å². The Bertz CT molecular complexity index is 1320. The summed E-state index contributed by atoms with van der Waals surface area (Å²) in [6, 6.07) is 16.6. The van der Waals surface area contributed by atoms with E-state index in [4.69, 9.17) is 4.74 Å². The number of aromatic nitrogens is 4. The number of hydrogen-bond acceptors (Lipinski definition) is 6. The van der Waals surface area contributed by atoms with Gasteiger partial charge in [0, 0.05) is 17.4 Å². The minimum atomic E-state index is -4.05. The van der Waals surface area contributed by atoms with Crippen molar-refractivity contribution in [3.8, 4) is 17.4 Å². The Labute approximate surface area is 178 Å². The number of anilines is 1. The Morgan fingerprint density at radius 3 is 2.32 bits per heavy atom. The number of aryl methyl sites for hydroxylation is 2. The third-order valence-corrected chi connectivity index (χ3v) is 5.72. The predicted molar refractivity (Wildman–Crippen MR) is 112 cm³/mol. The van der Waals surface area contributed by atoms with Gasteiger partial charge in [-0.1, -0.05) is 12.1 Å². The Kier molecular flexibility index (Phi) is 5.38. The van der Waals surface area contributed by atoms with Crippen LogP contribution in [0.4, 0.5) is 10.1 Å². The summed E-state index contributed by atoms with van der Waals surface area (Å²) in [6.45, 7) is 3.82. The molecule has 158 valence electrons. The Morgan fingerprint density at radius 2 is 1.71 bits per heavy atom. The van der Waals surface area contributed by atoms with Crippen LogP contribution < -0.4 is 9.46 Å². The summed E-state index contributed by atoms with van der Waals surface area (Å²) in [5.41, 5.74) is 2.08. The highest BCUT2D eigenvalue weighted by molar-refractivity contribution is 7.92. The van der Waals surface area contributed by atoms with Crippen LogP contribution in [0.3, 0.4) is 0 Å². The molecule has 31 heavy (non-hydrogen) atoms. The van der Waals surface area contributed by atoms with Gasteiger partial charge in [-0.3, -0.25) is 4.72 Å². The summed E-state index contributed by atoms with van der Waals surface area (Å²) in [5, 5.41) is 12.5. The van der Waals surface area contributed by atoms with Gasteiger partial charge in [-0.2, -0.15) is 5.10 Å². The molecule has 0 fully saturated rings. The fourth-order valence-corrected chi connectivity index (χ4v) is 4.06. The van der Waals surface area contributed by atoms with Crippen molar-refractivity contribution in [2.75, 3.05) is 4.72 Å². The standard InChI is InChI=1S/C21H18FN5O3S/c1-14-13-15(2)27(25-14)20-11-12-21(24-23-20)30-17-9-7-16(8-10-17)26-31(28,29)19-6-4-3-5-18(19)22/h3-13,26H,1-2H3. The van der Waals surface area contributed by atoms with Crippen LogP contribution in [0.1, 0.15) is 11.4 Å². The quantitative estimate of drug-likeness (QED) is 0.487. The van der Waals surface area contributed by atoms with Gasteiger partial charge in [0.25, 0.3) is 10.0 Å². The monoisotopic (exact) mass is 439 g/mol. The minimum absolute atomic E-state index is 0.265. The maximum Gasteiger partial charge on any atom is 0.264 e. The molecule has 2 aromatic heterocycles. The van der Waals surface area contributed by atoms with E-state index in [-0.39, 0.29) is 11.6 Å². The summed E-state index contributed by atoms with van der Waals surface area (Å²) in [6.07, 6.45) is 0. The molecule has 2 aromatic carbocycles. The zero-order valence-electron chi connectivity index (χ0n) is 16.7. The fourth-order valence-electron chi connectivity index (χ4n) is 2.93. The molecule has 4 rings (SSSR count). The highest BCUT2D eigenvalue weighted by Gasteiger charge is 2.18. The number of sulfonamides is 1. The van der Waals surface area contributed by atoms with E-state index < -0.39 is 20.7 Å². The van der Waals surface area contributed by atoms with Crippen LogP contribution in [-0.4, -0.2) is 28.4 Å². The summed E-state index contributed by atoms with van der Waals surface area (Å²) in [5.74, 6) is 0.445. The van der Waals surface area contributed by atoms with Crippen molar-refractivity contribution in [3.05, 3.63) is 83.9 Å². The first-order valence-electron chi connectivity index (χ1n) is 9.24. The van der Waals surface area contributed by atoms with Gasteiger partial charge in [0.1, 0.15) is 16.5 Å². The van der Waals surface area contributed by atoms with Crippen molar-refractivity contribution < 1.29 is 17.5 Å². The van der Waals surface area contributed by atoms with Gasteiger partial charge in [-0.25, -0.2) is 17.5 Å². The highest BCUT2D eigenvalue weighted by atomic mass is 32.2. The van der Waals surface area contributed by atoms with Crippen molar-refractivity contribution >= 4 is 15.7 Å². The van der Waals surface area contributed by atoms with Crippen LogP contribution in [0.15, 0.2) is 71.6 Å². The highest BCUT2D eigenvalue weighted by Crippen LogP contribution is 2.24. The van der Waals surface area contributed by atoms with Crippen LogP contribution in [0.25, 0.3) is 5.82 Å². The maximum absolute atomic E-state index is 13.8. The molecular weight excluding hydrogens is 421 g/mol. The summed E-state index contributed by atoms with van der Waals surface area (Å²) < 4.78 is 48.2. The molecule has 0 aliphatic carbocycles. The molecule has 0 spiro atoms. The number of ether oxygens (including phenoxy) is 1. The van der Waals surface area contributed by atoms with E-state index in [0.717, 1.165) is 17.5 Å². The van der Waals surface area contributed by atoms with Crippen LogP contribution in [0.5, 0.6) is 11.6 Å². The second kappa shape index (κ2) is 8.15. The molecule has 0 amide bonds. The largest absolute Gasteiger partial charge is 0.438 e. The van der Waals surface area contributed by atoms with Crippen molar-refractivity contribution in [1.82, 2.24) is 20.0 Å². The van der Waals surface area contributed by atoms with Gasteiger partial charge >= 0.3 is 0 Å². The average molecular weight is 439 g/mol. The lowest BCUT2D eigenvalue weighted by Gasteiger charge is -2.10. The number of hydrogen-bond donors (Lipinski definition) is 1. The van der Waals surface area contributed by atoms with Crippen LogP contribution in [0.2, 0.25) is 0 Å². The number of rotatable bonds is 6. The lowest BCUT2D eigenvalue weighted by molar-refractivity contribution is 0.454. The third kappa shape index (κ3) is 4.53. The van der Waals surface area contributed by atoms with Crippen molar-refractivity contribution in [2.24, 2.45) is 0 Å². The topological polar surface area (TPSA) is 99.0 Å². The predicted octanol–water partition coefficient (Wildman–Crippen LogP) is 4.01. The van der Waals surface area contributed by atoms with E-state index in [1.165, 1.54) is 30.3 Å². The van der Waals surface area contributed by atoms with Gasteiger partial charge < -0.3 is 4.74 Å². The molecule has 0 saturated heterocycles. The maximum atomic E-state index is 13.8. The number of halogens is 1. The molecule has 0 aliphatic rings. The first-order valence-corrected chi connectivity index (χ1v) is 10.7. The Balaban J connectivity index is 1.45. The second-order valence-corrected chi connectivity index (χ2v) is 8.38. The van der Waals surface area contributed by atoms with Gasteiger partial charge in [0.05, 0.1) is 5.69 Å². The van der Waals surface area contributed by atoms with Gasteiger partial charge in [0.15, 0.2) is 5.82 Å². The van der Waals surface area contributed by atoms with E-state index in [1.54, 1.807) is 28.9 Å². The molecule has 2 heterocycles. The van der Waals surface area contributed by atoms with Crippen molar-refractivity contribution in [2.45, 2.75) is 18.7 Å². The molecule has 1 N–H and O–H groups in total. The molecule has 0 radical (unpaired) electrons. The van der Waals surface area contributed by atoms with Crippen molar-refractivity contribution in [1.29, 1.82) is 0 Å². The Morgan fingerprint density at radius 1 is 0.968 bits per heavy atom. The summed E-state index contributed by atoms with van der Waals surface area (Å²) >= 11 is 0. The molecule has 4 aromatic rings. The van der Waals surface area contributed by atoms with Crippen LogP contribution in [0, 0.1) is 19.7 Å². The number of nitrogens with one attached hydrogen (secondary N) is 1. The van der Waals surface area contributed by atoms with E-state index in [2.05, 4.69) is 20.0 Å². The van der Waals surface area contributed by atoms with Gasteiger partial charge in [-0.05, 0) is 62.4 Å². The zero-order chi connectivity index (χ0) is 22.0. The molecule has 0 bridgehead atoms. The number of nitrogens with zero attached hydrogens (tertiary/aromatic N) is 4. The lowest BCUT2D eigenvalue weighted by Crippen LogP contribution is -2.14. The average Bonchev–Trinajstić information content (AvgIpc) is 3.08. The molecule has 0 aliphatic heterocycles. The molecule has 8 nitrogen and oxygen atoms in total. The number of benzene rings is 2. The molecule has 0 atom stereocenters.